The fraction of sp³-hybridized carbons (Fsp3) is 0.684. The van der Waals surface area contributed by atoms with E-state index < -0.39 is 0 Å². The molecule has 1 saturated carbocycles. The number of hydrogen-bond acceptors (Lipinski definition) is 3. The molecular weight excluding hydrogens is 274 g/mol. The first kappa shape index (κ1) is 15.7. The molecule has 1 aliphatic carbocycles. The molecule has 22 heavy (non-hydrogen) atoms. The Bertz CT molecular complexity index is 532. The monoisotopic (exact) mass is 303 g/mol. The van der Waals surface area contributed by atoms with Gasteiger partial charge < -0.3 is 9.47 Å². The summed E-state index contributed by atoms with van der Waals surface area (Å²) in [6, 6.07) is 6.93. The molecule has 0 amide bonds. The summed E-state index contributed by atoms with van der Waals surface area (Å²) in [6.07, 6.45) is 4.00. The summed E-state index contributed by atoms with van der Waals surface area (Å²) in [5.41, 5.74) is 2.23. The van der Waals surface area contributed by atoms with Crippen molar-refractivity contribution in [2.24, 2.45) is 10.8 Å². The lowest BCUT2D eigenvalue weighted by Gasteiger charge is -2.40. The zero-order chi connectivity index (χ0) is 16.0. The summed E-state index contributed by atoms with van der Waals surface area (Å²) in [4.78, 5) is 2.67. The van der Waals surface area contributed by atoms with Crippen molar-refractivity contribution >= 4 is 0 Å². The van der Waals surface area contributed by atoms with E-state index in [4.69, 9.17) is 9.47 Å². The summed E-state index contributed by atoms with van der Waals surface area (Å²) in [7, 11) is 3.43. The molecule has 1 saturated heterocycles. The van der Waals surface area contributed by atoms with Gasteiger partial charge in [-0.2, -0.15) is 0 Å². The van der Waals surface area contributed by atoms with Crippen molar-refractivity contribution in [2.75, 3.05) is 20.8 Å². The molecule has 2 fully saturated rings. The van der Waals surface area contributed by atoms with Crippen molar-refractivity contribution in [3.63, 3.8) is 0 Å². The van der Waals surface area contributed by atoms with Crippen LogP contribution in [0.5, 0.6) is 11.5 Å². The smallest absolute Gasteiger partial charge is 0.122 e. The molecule has 2 aliphatic rings. The fourth-order valence-corrected chi connectivity index (χ4v) is 4.95. The molecule has 122 valence electrons. The number of likely N-dealkylation sites (tertiary alicyclic amines) is 1. The third-order valence-electron chi connectivity index (χ3n) is 5.32. The lowest BCUT2D eigenvalue weighted by Crippen LogP contribution is -2.34. The van der Waals surface area contributed by atoms with E-state index in [1.807, 2.05) is 6.07 Å². The Hall–Kier alpha value is -1.22. The van der Waals surface area contributed by atoms with Gasteiger partial charge in [0.05, 0.1) is 14.2 Å². The maximum absolute atomic E-state index is 5.40. The van der Waals surface area contributed by atoms with Crippen LogP contribution in [0.1, 0.15) is 45.6 Å². The van der Waals surface area contributed by atoms with Gasteiger partial charge >= 0.3 is 0 Å². The normalized spacial score (nSPS) is 30.3. The molecule has 0 N–H and O–H groups in total. The Labute approximate surface area is 134 Å². The minimum atomic E-state index is 0.471. The van der Waals surface area contributed by atoms with Gasteiger partial charge in [-0.25, -0.2) is 0 Å². The third-order valence-corrected chi connectivity index (χ3v) is 5.32. The lowest BCUT2D eigenvalue weighted by molar-refractivity contribution is 0.126. The second kappa shape index (κ2) is 5.45. The molecule has 0 spiro atoms. The molecule has 0 radical (unpaired) electrons. The summed E-state index contributed by atoms with van der Waals surface area (Å²) in [5, 5.41) is 0. The van der Waals surface area contributed by atoms with Crippen molar-refractivity contribution in [3.8, 4) is 11.5 Å². The molecular formula is C19H29NO2. The van der Waals surface area contributed by atoms with Gasteiger partial charge in [0.15, 0.2) is 0 Å². The molecule has 1 aromatic rings. The molecule has 1 aliphatic heterocycles. The minimum absolute atomic E-state index is 0.471. The summed E-state index contributed by atoms with van der Waals surface area (Å²) >= 11 is 0. The quantitative estimate of drug-likeness (QED) is 0.835. The molecule has 2 atom stereocenters. The lowest BCUT2D eigenvalue weighted by atomic mass is 9.65. The molecule has 2 bridgehead atoms. The predicted molar refractivity (Wildman–Crippen MR) is 89.5 cm³/mol. The molecule has 0 aromatic heterocycles. The average molecular weight is 303 g/mol. The van der Waals surface area contributed by atoms with Crippen LogP contribution in [0, 0.1) is 10.8 Å². The zero-order valence-corrected chi connectivity index (χ0v) is 14.6. The van der Waals surface area contributed by atoms with E-state index in [-0.39, 0.29) is 0 Å². The predicted octanol–water partition coefficient (Wildman–Crippen LogP) is 4.10. The van der Waals surface area contributed by atoms with Gasteiger partial charge in [-0.3, -0.25) is 4.90 Å². The number of fused-ring (bicyclic) bond motifs is 2. The van der Waals surface area contributed by atoms with Gasteiger partial charge in [0.1, 0.15) is 11.5 Å². The highest BCUT2D eigenvalue weighted by Gasteiger charge is 2.49. The number of hydrogen-bond donors (Lipinski definition) is 0. The van der Waals surface area contributed by atoms with Crippen LogP contribution in [0.4, 0.5) is 0 Å². The molecule has 3 rings (SSSR count). The molecule has 1 heterocycles. The Morgan fingerprint density at radius 2 is 1.68 bits per heavy atom. The first-order valence-electron chi connectivity index (χ1n) is 8.29. The Kier molecular flexibility index (Phi) is 3.88. The number of benzene rings is 1. The molecule has 3 heteroatoms. The Morgan fingerprint density at radius 1 is 1.05 bits per heavy atom. The molecule has 0 unspecified atom stereocenters. The first-order chi connectivity index (χ1) is 10.3. The van der Waals surface area contributed by atoms with Crippen molar-refractivity contribution in [1.29, 1.82) is 0 Å². The van der Waals surface area contributed by atoms with Gasteiger partial charge in [0, 0.05) is 25.2 Å². The minimum Gasteiger partial charge on any atom is -0.497 e. The van der Waals surface area contributed by atoms with Crippen LogP contribution in [0.3, 0.4) is 0 Å². The average Bonchev–Trinajstić information content (AvgIpc) is 2.66. The van der Waals surface area contributed by atoms with Gasteiger partial charge in [-0.05, 0) is 47.8 Å². The Morgan fingerprint density at radius 3 is 2.27 bits per heavy atom. The first-order valence-corrected chi connectivity index (χ1v) is 8.29. The third kappa shape index (κ3) is 3.10. The van der Waals surface area contributed by atoms with Crippen molar-refractivity contribution in [2.45, 2.75) is 52.6 Å². The summed E-state index contributed by atoms with van der Waals surface area (Å²) in [6.45, 7) is 9.52. The van der Waals surface area contributed by atoms with Gasteiger partial charge in [-0.15, -0.1) is 0 Å². The highest BCUT2D eigenvalue weighted by molar-refractivity contribution is 5.38. The maximum Gasteiger partial charge on any atom is 0.122 e. The van der Waals surface area contributed by atoms with Crippen LogP contribution in [0.25, 0.3) is 0 Å². The van der Waals surface area contributed by atoms with E-state index in [0.717, 1.165) is 18.0 Å². The standard InChI is InChI=1S/C19H29NO2/c1-18(2)9-15-10-19(3,12-18)13-20(15)11-14-6-16(21-4)8-17(7-14)22-5/h6-8,15H,9-13H2,1-5H3/t15-,19+/m0/s1. The second-order valence-corrected chi connectivity index (χ2v) is 8.34. The molecule has 3 nitrogen and oxygen atoms in total. The highest BCUT2D eigenvalue weighted by atomic mass is 16.5. The van der Waals surface area contributed by atoms with E-state index in [1.165, 1.54) is 31.4 Å². The van der Waals surface area contributed by atoms with E-state index in [1.54, 1.807) is 14.2 Å². The molecule has 1 aromatic carbocycles. The van der Waals surface area contributed by atoms with Gasteiger partial charge in [0.2, 0.25) is 0 Å². The summed E-state index contributed by atoms with van der Waals surface area (Å²) in [5.74, 6) is 1.76. The van der Waals surface area contributed by atoms with Crippen LogP contribution < -0.4 is 9.47 Å². The summed E-state index contributed by atoms with van der Waals surface area (Å²) < 4.78 is 10.8. The van der Waals surface area contributed by atoms with E-state index >= 15 is 0 Å². The van der Waals surface area contributed by atoms with Crippen LogP contribution in [-0.2, 0) is 6.54 Å². The SMILES string of the molecule is COc1cc(CN2C[C@]3(C)C[C@@H]2CC(C)(C)C3)cc(OC)c1. The van der Waals surface area contributed by atoms with E-state index in [0.29, 0.717) is 16.9 Å². The van der Waals surface area contributed by atoms with Gasteiger partial charge in [-0.1, -0.05) is 20.8 Å². The van der Waals surface area contributed by atoms with Crippen LogP contribution in [0.2, 0.25) is 0 Å². The fourth-order valence-electron chi connectivity index (χ4n) is 4.95. The van der Waals surface area contributed by atoms with Crippen molar-refractivity contribution in [3.05, 3.63) is 23.8 Å². The zero-order valence-electron chi connectivity index (χ0n) is 14.6. The van der Waals surface area contributed by atoms with E-state index in [2.05, 4.69) is 37.8 Å². The van der Waals surface area contributed by atoms with E-state index in [9.17, 15) is 0 Å². The number of ether oxygens (including phenoxy) is 2. The topological polar surface area (TPSA) is 21.7 Å². The van der Waals surface area contributed by atoms with Crippen LogP contribution in [0.15, 0.2) is 18.2 Å². The second-order valence-electron chi connectivity index (χ2n) is 8.34. The van der Waals surface area contributed by atoms with Crippen LogP contribution >= 0.6 is 0 Å². The van der Waals surface area contributed by atoms with Gasteiger partial charge in [0.25, 0.3) is 0 Å². The van der Waals surface area contributed by atoms with Crippen molar-refractivity contribution < 1.29 is 9.47 Å². The Balaban J connectivity index is 1.79. The maximum atomic E-state index is 5.40. The highest BCUT2D eigenvalue weighted by Crippen LogP contribution is 2.52. The largest absolute Gasteiger partial charge is 0.497 e. The van der Waals surface area contributed by atoms with Crippen LogP contribution in [-0.4, -0.2) is 31.7 Å². The number of methoxy groups -OCH3 is 2. The number of rotatable bonds is 4. The van der Waals surface area contributed by atoms with Crippen molar-refractivity contribution in [1.82, 2.24) is 4.90 Å². The number of nitrogens with zero attached hydrogens (tertiary/aromatic N) is 1.